The number of amides is 1. The van der Waals surface area contributed by atoms with Gasteiger partial charge < -0.3 is 10.1 Å². The predicted octanol–water partition coefficient (Wildman–Crippen LogP) is 5.84. The van der Waals surface area contributed by atoms with Crippen LogP contribution in [0.1, 0.15) is 29.4 Å². The lowest BCUT2D eigenvalue weighted by atomic mass is 10.2. The number of hydrogen-bond donors (Lipinski definition) is 1. The maximum absolute atomic E-state index is 12.0. The molecule has 4 nitrogen and oxygen atoms in total. The van der Waals surface area contributed by atoms with E-state index in [0.717, 1.165) is 28.3 Å². The molecule has 7 heteroatoms. The van der Waals surface area contributed by atoms with Gasteiger partial charge in [-0.1, -0.05) is 36.2 Å². The highest BCUT2D eigenvalue weighted by atomic mass is 35.5. The van der Waals surface area contributed by atoms with Crippen LogP contribution in [0.25, 0.3) is 10.6 Å². The van der Waals surface area contributed by atoms with Crippen molar-refractivity contribution in [1.29, 1.82) is 0 Å². The summed E-state index contributed by atoms with van der Waals surface area (Å²) >= 11 is 13.5. The monoisotopic (exact) mass is 420 g/mol. The summed E-state index contributed by atoms with van der Waals surface area (Å²) in [6.07, 6.45) is 0.894. The summed E-state index contributed by atoms with van der Waals surface area (Å²) in [6.45, 7) is 3.01. The Morgan fingerprint density at radius 2 is 1.96 bits per heavy atom. The van der Waals surface area contributed by atoms with Gasteiger partial charge in [0.05, 0.1) is 0 Å². The van der Waals surface area contributed by atoms with E-state index in [-0.39, 0.29) is 5.91 Å². The number of carbonyl (C=O) groups excluding carboxylic acids is 1. The van der Waals surface area contributed by atoms with Gasteiger partial charge in [-0.05, 0) is 42.8 Å². The van der Waals surface area contributed by atoms with Gasteiger partial charge in [0.25, 0.3) is 5.91 Å². The van der Waals surface area contributed by atoms with Crippen LogP contribution in [0.5, 0.6) is 5.75 Å². The number of carbonyl (C=O) groups is 1. The van der Waals surface area contributed by atoms with Gasteiger partial charge in [0.2, 0.25) is 0 Å². The van der Waals surface area contributed by atoms with Crippen LogP contribution in [-0.2, 0) is 6.61 Å². The van der Waals surface area contributed by atoms with Crippen molar-refractivity contribution in [3.8, 4) is 16.3 Å². The first-order chi connectivity index (χ1) is 13.1. The molecule has 1 N–H and O–H groups in total. The van der Waals surface area contributed by atoms with Crippen LogP contribution < -0.4 is 10.1 Å². The zero-order chi connectivity index (χ0) is 19.2. The Bertz CT molecular complexity index is 926. The van der Waals surface area contributed by atoms with Crippen LogP contribution in [0.15, 0.2) is 47.8 Å². The van der Waals surface area contributed by atoms with Gasteiger partial charge in [0, 0.05) is 33.1 Å². The third-order valence-corrected chi connectivity index (χ3v) is 5.26. The zero-order valence-electron chi connectivity index (χ0n) is 14.7. The van der Waals surface area contributed by atoms with E-state index in [0.29, 0.717) is 28.9 Å². The van der Waals surface area contributed by atoms with E-state index in [2.05, 4.69) is 10.3 Å². The van der Waals surface area contributed by atoms with Crippen molar-refractivity contribution in [3.05, 3.63) is 69.1 Å². The smallest absolute Gasteiger partial charge is 0.270 e. The molecule has 0 bridgehead atoms. The fraction of sp³-hybridized carbons (Fsp3) is 0.200. The summed E-state index contributed by atoms with van der Waals surface area (Å²) in [7, 11) is 0. The van der Waals surface area contributed by atoms with E-state index in [9.17, 15) is 4.79 Å². The third-order valence-electron chi connectivity index (χ3n) is 3.78. The number of aromatic nitrogens is 1. The fourth-order valence-corrected chi connectivity index (χ4v) is 3.60. The lowest BCUT2D eigenvalue weighted by Crippen LogP contribution is -2.24. The normalized spacial score (nSPS) is 10.6. The Morgan fingerprint density at radius 3 is 2.67 bits per heavy atom. The molecule has 0 aliphatic rings. The van der Waals surface area contributed by atoms with Gasteiger partial charge in [0.1, 0.15) is 23.1 Å². The minimum Gasteiger partial charge on any atom is -0.489 e. The summed E-state index contributed by atoms with van der Waals surface area (Å²) in [5.74, 6) is 0.585. The maximum Gasteiger partial charge on any atom is 0.270 e. The number of hydrogen-bond acceptors (Lipinski definition) is 4. The van der Waals surface area contributed by atoms with E-state index < -0.39 is 0 Å². The molecule has 1 heterocycles. The van der Waals surface area contributed by atoms with Crippen LogP contribution in [0.3, 0.4) is 0 Å². The number of nitrogens with one attached hydrogen (secondary N) is 1. The average molecular weight is 421 g/mol. The van der Waals surface area contributed by atoms with Crippen molar-refractivity contribution in [1.82, 2.24) is 10.3 Å². The van der Waals surface area contributed by atoms with Crippen molar-refractivity contribution < 1.29 is 9.53 Å². The third kappa shape index (κ3) is 5.22. The molecular formula is C20H18Cl2N2O2S. The van der Waals surface area contributed by atoms with Gasteiger partial charge in [-0.15, -0.1) is 11.3 Å². The largest absolute Gasteiger partial charge is 0.489 e. The highest BCUT2D eigenvalue weighted by Crippen LogP contribution is 2.27. The lowest BCUT2D eigenvalue weighted by Gasteiger charge is -2.08. The first-order valence-electron chi connectivity index (χ1n) is 8.47. The standard InChI is InChI=1S/C20H18Cl2N2O2S/c1-2-9-23-19(25)18-12-27-20(24-18)13-4-7-16(8-5-13)26-11-14-3-6-15(21)10-17(14)22/h3-8,10,12H,2,9,11H2,1H3,(H,23,25). The second kappa shape index (κ2) is 9.22. The molecule has 0 aliphatic carbocycles. The number of thiazole rings is 1. The highest BCUT2D eigenvalue weighted by Gasteiger charge is 2.11. The Balaban J connectivity index is 1.63. The number of ether oxygens (including phenoxy) is 1. The Hall–Kier alpha value is -2.08. The molecule has 0 atom stereocenters. The first-order valence-corrected chi connectivity index (χ1v) is 10.1. The van der Waals surface area contributed by atoms with Gasteiger partial charge in [-0.2, -0.15) is 0 Å². The molecule has 1 aromatic heterocycles. The molecule has 0 aliphatic heterocycles. The Morgan fingerprint density at radius 1 is 1.19 bits per heavy atom. The lowest BCUT2D eigenvalue weighted by molar-refractivity contribution is 0.0949. The number of halogens is 2. The second-order valence-electron chi connectivity index (χ2n) is 5.84. The molecule has 140 valence electrons. The van der Waals surface area contributed by atoms with Crippen LogP contribution in [0.4, 0.5) is 0 Å². The molecule has 3 aromatic rings. The number of benzene rings is 2. The van der Waals surface area contributed by atoms with E-state index >= 15 is 0 Å². The number of rotatable bonds is 7. The minimum absolute atomic E-state index is 0.140. The first kappa shape index (κ1) is 19.7. The van der Waals surface area contributed by atoms with Crippen molar-refractivity contribution in [2.45, 2.75) is 20.0 Å². The molecule has 0 unspecified atom stereocenters. The summed E-state index contributed by atoms with van der Waals surface area (Å²) < 4.78 is 5.78. The Labute approximate surface area is 172 Å². The second-order valence-corrected chi connectivity index (χ2v) is 7.54. The zero-order valence-corrected chi connectivity index (χ0v) is 17.0. The van der Waals surface area contributed by atoms with Gasteiger partial charge in [0.15, 0.2) is 0 Å². The van der Waals surface area contributed by atoms with Crippen LogP contribution in [-0.4, -0.2) is 17.4 Å². The number of nitrogens with zero attached hydrogens (tertiary/aromatic N) is 1. The highest BCUT2D eigenvalue weighted by molar-refractivity contribution is 7.13. The molecule has 27 heavy (non-hydrogen) atoms. The average Bonchev–Trinajstić information content (AvgIpc) is 3.16. The van der Waals surface area contributed by atoms with E-state index in [1.54, 1.807) is 17.5 Å². The van der Waals surface area contributed by atoms with Gasteiger partial charge in [-0.25, -0.2) is 4.98 Å². The van der Waals surface area contributed by atoms with Crippen molar-refractivity contribution in [2.24, 2.45) is 0 Å². The van der Waals surface area contributed by atoms with Crippen LogP contribution in [0.2, 0.25) is 10.0 Å². The molecular weight excluding hydrogens is 403 g/mol. The summed E-state index contributed by atoms with van der Waals surface area (Å²) in [6, 6.07) is 12.9. The van der Waals surface area contributed by atoms with Gasteiger partial charge >= 0.3 is 0 Å². The molecule has 0 saturated heterocycles. The summed E-state index contributed by atoms with van der Waals surface area (Å²) in [5, 5.41) is 6.57. The topological polar surface area (TPSA) is 51.2 Å². The fourth-order valence-electron chi connectivity index (χ4n) is 2.33. The molecule has 0 radical (unpaired) electrons. The molecule has 0 fully saturated rings. The van der Waals surface area contributed by atoms with E-state index in [4.69, 9.17) is 27.9 Å². The van der Waals surface area contributed by atoms with E-state index in [1.165, 1.54) is 11.3 Å². The van der Waals surface area contributed by atoms with Crippen LogP contribution >= 0.6 is 34.5 Å². The maximum atomic E-state index is 12.0. The predicted molar refractivity (Wildman–Crippen MR) is 111 cm³/mol. The molecule has 3 rings (SSSR count). The molecule has 2 aromatic carbocycles. The molecule has 0 saturated carbocycles. The van der Waals surface area contributed by atoms with Gasteiger partial charge in [-0.3, -0.25) is 4.79 Å². The SMILES string of the molecule is CCCNC(=O)c1csc(-c2ccc(OCc3ccc(Cl)cc3Cl)cc2)n1. The minimum atomic E-state index is -0.140. The molecule has 1 amide bonds. The van der Waals surface area contributed by atoms with Crippen molar-refractivity contribution in [3.63, 3.8) is 0 Å². The summed E-state index contributed by atoms with van der Waals surface area (Å²) in [4.78, 5) is 16.4. The van der Waals surface area contributed by atoms with E-state index in [1.807, 2.05) is 37.3 Å². The quantitative estimate of drug-likeness (QED) is 0.522. The van der Waals surface area contributed by atoms with Crippen molar-refractivity contribution >= 4 is 40.4 Å². The summed E-state index contributed by atoms with van der Waals surface area (Å²) in [5.41, 5.74) is 2.25. The van der Waals surface area contributed by atoms with Crippen molar-refractivity contribution in [2.75, 3.05) is 6.54 Å². The Kier molecular flexibility index (Phi) is 6.72. The van der Waals surface area contributed by atoms with Crippen LogP contribution in [0, 0.1) is 0 Å². The molecule has 0 spiro atoms.